The summed E-state index contributed by atoms with van der Waals surface area (Å²) in [6, 6.07) is 18.6. The SMILES string of the molecule is CCc1cccc(CC)c1Nc1nccc(NCc2ccccc2)n1. The van der Waals surface area contributed by atoms with Crippen molar-refractivity contribution >= 4 is 17.5 Å². The molecule has 0 fully saturated rings. The van der Waals surface area contributed by atoms with Gasteiger partial charge >= 0.3 is 0 Å². The van der Waals surface area contributed by atoms with E-state index in [0.29, 0.717) is 5.95 Å². The summed E-state index contributed by atoms with van der Waals surface area (Å²) in [7, 11) is 0. The Morgan fingerprint density at radius 2 is 1.56 bits per heavy atom. The van der Waals surface area contributed by atoms with E-state index in [9.17, 15) is 0 Å². The smallest absolute Gasteiger partial charge is 0.229 e. The Kier molecular flexibility index (Phi) is 5.62. The molecule has 0 spiro atoms. The zero-order chi connectivity index (χ0) is 17.5. The first-order chi connectivity index (χ1) is 12.3. The van der Waals surface area contributed by atoms with Crippen molar-refractivity contribution in [2.24, 2.45) is 0 Å². The lowest BCUT2D eigenvalue weighted by Gasteiger charge is -2.15. The minimum absolute atomic E-state index is 0.619. The van der Waals surface area contributed by atoms with Gasteiger partial charge in [-0.15, -0.1) is 0 Å². The van der Waals surface area contributed by atoms with E-state index in [1.54, 1.807) is 6.20 Å². The Morgan fingerprint density at radius 1 is 0.840 bits per heavy atom. The molecule has 4 heteroatoms. The molecule has 0 aliphatic heterocycles. The molecule has 0 saturated heterocycles. The average molecular weight is 332 g/mol. The van der Waals surface area contributed by atoms with Gasteiger partial charge in [-0.2, -0.15) is 4.98 Å². The summed E-state index contributed by atoms with van der Waals surface area (Å²) in [6.45, 7) is 5.07. The van der Waals surface area contributed by atoms with Crippen LogP contribution in [0.3, 0.4) is 0 Å². The third-order valence-electron chi connectivity index (χ3n) is 4.21. The maximum Gasteiger partial charge on any atom is 0.229 e. The topological polar surface area (TPSA) is 49.8 Å². The molecule has 4 nitrogen and oxygen atoms in total. The first-order valence-electron chi connectivity index (χ1n) is 8.78. The maximum atomic E-state index is 4.60. The van der Waals surface area contributed by atoms with Crippen LogP contribution in [0.15, 0.2) is 60.8 Å². The molecule has 2 aromatic carbocycles. The third kappa shape index (κ3) is 4.35. The van der Waals surface area contributed by atoms with Crippen LogP contribution in [-0.2, 0) is 19.4 Å². The molecular weight excluding hydrogens is 308 g/mol. The van der Waals surface area contributed by atoms with Gasteiger partial charge in [0.15, 0.2) is 0 Å². The third-order valence-corrected chi connectivity index (χ3v) is 4.21. The number of nitrogens with one attached hydrogen (secondary N) is 2. The van der Waals surface area contributed by atoms with Gasteiger partial charge in [0.2, 0.25) is 5.95 Å². The summed E-state index contributed by atoms with van der Waals surface area (Å²) < 4.78 is 0. The van der Waals surface area contributed by atoms with E-state index < -0.39 is 0 Å². The quantitative estimate of drug-likeness (QED) is 0.642. The van der Waals surface area contributed by atoms with Crippen LogP contribution in [0.4, 0.5) is 17.5 Å². The van der Waals surface area contributed by atoms with Gasteiger partial charge in [-0.25, -0.2) is 4.98 Å². The molecule has 25 heavy (non-hydrogen) atoms. The molecule has 0 saturated carbocycles. The number of aryl methyl sites for hydroxylation is 2. The van der Waals surface area contributed by atoms with Gasteiger partial charge in [0.05, 0.1) is 0 Å². The summed E-state index contributed by atoms with van der Waals surface area (Å²) in [4.78, 5) is 8.98. The van der Waals surface area contributed by atoms with Crippen LogP contribution in [0.25, 0.3) is 0 Å². The van der Waals surface area contributed by atoms with Gasteiger partial charge in [0, 0.05) is 18.4 Å². The van der Waals surface area contributed by atoms with Crippen LogP contribution in [0, 0.1) is 0 Å². The van der Waals surface area contributed by atoms with E-state index in [0.717, 1.165) is 30.9 Å². The number of rotatable bonds is 7. The van der Waals surface area contributed by atoms with Crippen molar-refractivity contribution in [2.45, 2.75) is 33.2 Å². The van der Waals surface area contributed by atoms with Crippen molar-refractivity contribution in [1.29, 1.82) is 0 Å². The number of benzene rings is 2. The maximum absolute atomic E-state index is 4.60. The molecule has 2 N–H and O–H groups in total. The van der Waals surface area contributed by atoms with Gasteiger partial charge in [0.25, 0.3) is 0 Å². The van der Waals surface area contributed by atoms with E-state index in [2.05, 4.69) is 64.8 Å². The molecule has 1 heterocycles. The van der Waals surface area contributed by atoms with Crippen molar-refractivity contribution in [3.63, 3.8) is 0 Å². The highest BCUT2D eigenvalue weighted by molar-refractivity contribution is 5.64. The van der Waals surface area contributed by atoms with Gasteiger partial charge in [0.1, 0.15) is 5.82 Å². The molecule has 0 radical (unpaired) electrons. The number of nitrogens with zero attached hydrogens (tertiary/aromatic N) is 2. The van der Waals surface area contributed by atoms with Gasteiger partial charge in [-0.05, 0) is 35.6 Å². The average Bonchev–Trinajstić information content (AvgIpc) is 2.67. The largest absolute Gasteiger partial charge is 0.366 e. The van der Waals surface area contributed by atoms with Crippen molar-refractivity contribution in [3.8, 4) is 0 Å². The van der Waals surface area contributed by atoms with E-state index in [1.165, 1.54) is 16.7 Å². The standard InChI is InChI=1S/C21H24N4/c1-3-17-11-8-12-18(4-2)20(17)25-21-22-14-13-19(24-21)23-15-16-9-6-5-7-10-16/h5-14H,3-4,15H2,1-2H3,(H2,22,23,24,25). The first-order valence-corrected chi connectivity index (χ1v) is 8.78. The normalized spacial score (nSPS) is 10.5. The van der Waals surface area contributed by atoms with Crippen LogP contribution in [0.5, 0.6) is 0 Å². The number of anilines is 3. The molecule has 1 aromatic heterocycles. The van der Waals surface area contributed by atoms with E-state index in [1.807, 2.05) is 24.3 Å². The summed E-state index contributed by atoms with van der Waals surface area (Å²) in [5.74, 6) is 1.43. The Hall–Kier alpha value is -2.88. The fraction of sp³-hybridized carbons (Fsp3) is 0.238. The summed E-state index contributed by atoms with van der Waals surface area (Å²) in [6.07, 6.45) is 3.73. The molecule has 3 aromatic rings. The fourth-order valence-corrected chi connectivity index (χ4v) is 2.82. The number of para-hydroxylation sites is 1. The molecule has 128 valence electrons. The lowest BCUT2D eigenvalue weighted by molar-refractivity contribution is 1.06. The van der Waals surface area contributed by atoms with E-state index in [4.69, 9.17) is 0 Å². The second-order valence-corrected chi connectivity index (χ2v) is 5.89. The lowest BCUT2D eigenvalue weighted by atomic mass is 10.0. The van der Waals surface area contributed by atoms with Gasteiger partial charge in [-0.3, -0.25) is 0 Å². The Bertz CT molecular complexity index is 793. The second-order valence-electron chi connectivity index (χ2n) is 5.89. The number of aromatic nitrogens is 2. The molecule has 0 aliphatic carbocycles. The minimum atomic E-state index is 0.619. The van der Waals surface area contributed by atoms with Crippen LogP contribution < -0.4 is 10.6 Å². The van der Waals surface area contributed by atoms with Gasteiger partial charge < -0.3 is 10.6 Å². The predicted molar refractivity (Wildman–Crippen MR) is 104 cm³/mol. The predicted octanol–water partition coefficient (Wildman–Crippen LogP) is 4.96. The van der Waals surface area contributed by atoms with E-state index >= 15 is 0 Å². The Labute approximate surface area is 149 Å². The number of hydrogen-bond acceptors (Lipinski definition) is 4. The summed E-state index contributed by atoms with van der Waals surface area (Å²) >= 11 is 0. The summed E-state index contributed by atoms with van der Waals surface area (Å²) in [5, 5.41) is 6.77. The highest BCUT2D eigenvalue weighted by Gasteiger charge is 2.08. The molecule has 3 rings (SSSR count). The summed E-state index contributed by atoms with van der Waals surface area (Å²) in [5.41, 5.74) is 4.92. The van der Waals surface area contributed by atoms with Crippen LogP contribution in [0.1, 0.15) is 30.5 Å². The Balaban J connectivity index is 1.76. The molecule has 0 unspecified atom stereocenters. The van der Waals surface area contributed by atoms with E-state index in [-0.39, 0.29) is 0 Å². The molecule has 0 aliphatic rings. The van der Waals surface area contributed by atoms with Crippen molar-refractivity contribution in [1.82, 2.24) is 9.97 Å². The van der Waals surface area contributed by atoms with Crippen molar-refractivity contribution in [2.75, 3.05) is 10.6 Å². The highest BCUT2D eigenvalue weighted by Crippen LogP contribution is 2.25. The number of hydrogen-bond donors (Lipinski definition) is 2. The monoisotopic (exact) mass is 332 g/mol. The zero-order valence-electron chi connectivity index (χ0n) is 14.8. The molecule has 0 atom stereocenters. The lowest BCUT2D eigenvalue weighted by Crippen LogP contribution is -2.06. The van der Waals surface area contributed by atoms with Crippen molar-refractivity contribution in [3.05, 3.63) is 77.5 Å². The first kappa shape index (κ1) is 17.0. The van der Waals surface area contributed by atoms with Crippen molar-refractivity contribution < 1.29 is 0 Å². The van der Waals surface area contributed by atoms with Crippen LogP contribution >= 0.6 is 0 Å². The van der Waals surface area contributed by atoms with Gasteiger partial charge in [-0.1, -0.05) is 62.4 Å². The van der Waals surface area contributed by atoms with Crippen LogP contribution in [0.2, 0.25) is 0 Å². The van der Waals surface area contributed by atoms with Crippen LogP contribution in [-0.4, -0.2) is 9.97 Å². The second kappa shape index (κ2) is 8.29. The highest BCUT2D eigenvalue weighted by atomic mass is 15.1. The fourth-order valence-electron chi connectivity index (χ4n) is 2.82. The molecular formula is C21H24N4. The Morgan fingerprint density at radius 3 is 2.24 bits per heavy atom. The minimum Gasteiger partial charge on any atom is -0.366 e. The molecule has 0 amide bonds. The zero-order valence-corrected chi connectivity index (χ0v) is 14.8. The molecule has 0 bridgehead atoms.